The Hall–Kier alpha value is -1.29. The molecule has 2 aromatic rings. The highest BCUT2D eigenvalue weighted by Crippen LogP contribution is 2.26. The molecule has 0 saturated heterocycles. The van der Waals surface area contributed by atoms with Crippen LogP contribution in [0, 0.1) is 13.8 Å². The van der Waals surface area contributed by atoms with Gasteiger partial charge in [-0.2, -0.15) is 4.98 Å². The molecule has 80 valence electrons. The van der Waals surface area contributed by atoms with E-state index in [0.29, 0.717) is 11.7 Å². The zero-order valence-electron chi connectivity index (χ0n) is 8.74. The summed E-state index contributed by atoms with van der Waals surface area (Å²) in [4.78, 5) is 4.18. The summed E-state index contributed by atoms with van der Waals surface area (Å²) in [7, 11) is 0. The van der Waals surface area contributed by atoms with Gasteiger partial charge >= 0.3 is 0 Å². The molecule has 0 aliphatic rings. The van der Waals surface area contributed by atoms with E-state index in [9.17, 15) is 0 Å². The van der Waals surface area contributed by atoms with Gasteiger partial charge in [-0.15, -0.1) is 11.6 Å². The first-order valence-corrected chi connectivity index (χ1v) is 5.06. The van der Waals surface area contributed by atoms with Gasteiger partial charge in [0.2, 0.25) is 0 Å². The van der Waals surface area contributed by atoms with Gasteiger partial charge in [0.25, 0.3) is 5.89 Å². The Morgan fingerprint density at radius 2 is 2.13 bits per heavy atom. The molecule has 0 spiro atoms. The second-order valence-electron chi connectivity index (χ2n) is 3.40. The fraction of sp³-hybridized carbons (Fsp3) is 0.400. The van der Waals surface area contributed by atoms with Crippen LogP contribution in [0.1, 0.15) is 29.6 Å². The van der Waals surface area contributed by atoms with Crippen LogP contribution in [0.4, 0.5) is 0 Å². The highest BCUT2D eigenvalue weighted by Gasteiger charge is 2.16. The van der Waals surface area contributed by atoms with Gasteiger partial charge in [0.1, 0.15) is 11.5 Å². The minimum absolute atomic E-state index is 0.254. The molecule has 0 aliphatic heterocycles. The zero-order valence-corrected chi connectivity index (χ0v) is 9.50. The van der Waals surface area contributed by atoms with E-state index in [1.165, 1.54) is 0 Å². The normalized spacial score (nSPS) is 13.1. The second kappa shape index (κ2) is 3.70. The Balaban J connectivity index is 2.41. The van der Waals surface area contributed by atoms with Crippen molar-refractivity contribution in [2.75, 3.05) is 0 Å². The average molecular weight is 227 g/mol. The van der Waals surface area contributed by atoms with E-state index in [2.05, 4.69) is 10.1 Å². The van der Waals surface area contributed by atoms with Crippen molar-refractivity contribution in [3.8, 4) is 11.5 Å². The van der Waals surface area contributed by atoms with Crippen LogP contribution in [0.2, 0.25) is 0 Å². The summed E-state index contributed by atoms with van der Waals surface area (Å²) in [6, 6.07) is 1.87. The number of hydrogen-bond donors (Lipinski definition) is 0. The standard InChI is InChI=1S/C10H11ClN2O2/c1-5-4-8(7(3)14-5)10-12-9(6(2)11)13-15-10/h4,6H,1-3H3. The predicted molar refractivity (Wildman–Crippen MR) is 55.7 cm³/mol. The number of rotatable bonds is 2. The molecular weight excluding hydrogens is 216 g/mol. The summed E-state index contributed by atoms with van der Waals surface area (Å²) < 4.78 is 10.5. The Morgan fingerprint density at radius 1 is 1.40 bits per heavy atom. The van der Waals surface area contributed by atoms with E-state index in [0.717, 1.165) is 17.1 Å². The summed E-state index contributed by atoms with van der Waals surface area (Å²) in [6.07, 6.45) is 0. The average Bonchev–Trinajstić information content (AvgIpc) is 2.71. The van der Waals surface area contributed by atoms with Crippen molar-refractivity contribution < 1.29 is 8.94 Å². The van der Waals surface area contributed by atoms with Crippen LogP contribution < -0.4 is 0 Å². The van der Waals surface area contributed by atoms with Crippen molar-refractivity contribution in [3.05, 3.63) is 23.4 Å². The molecule has 2 heterocycles. The molecule has 2 aromatic heterocycles. The first kappa shape index (κ1) is 10.2. The van der Waals surface area contributed by atoms with E-state index in [1.807, 2.05) is 19.9 Å². The Kier molecular flexibility index (Phi) is 2.52. The van der Waals surface area contributed by atoms with Gasteiger partial charge in [0.15, 0.2) is 5.82 Å². The molecule has 5 heteroatoms. The minimum atomic E-state index is -0.254. The molecule has 2 rings (SSSR count). The van der Waals surface area contributed by atoms with Crippen molar-refractivity contribution in [2.24, 2.45) is 0 Å². The minimum Gasteiger partial charge on any atom is -0.466 e. The zero-order chi connectivity index (χ0) is 11.0. The van der Waals surface area contributed by atoms with Crippen LogP contribution in [0.15, 0.2) is 15.0 Å². The third-order valence-electron chi connectivity index (χ3n) is 2.07. The molecule has 0 aliphatic carbocycles. The predicted octanol–water partition coefficient (Wildman–Crippen LogP) is 3.25. The Morgan fingerprint density at radius 3 is 2.60 bits per heavy atom. The number of hydrogen-bond acceptors (Lipinski definition) is 4. The van der Waals surface area contributed by atoms with Crippen molar-refractivity contribution in [3.63, 3.8) is 0 Å². The lowest BCUT2D eigenvalue weighted by molar-refractivity contribution is 0.421. The van der Waals surface area contributed by atoms with E-state index >= 15 is 0 Å². The summed E-state index contributed by atoms with van der Waals surface area (Å²) in [5, 5.41) is 3.53. The van der Waals surface area contributed by atoms with E-state index in [-0.39, 0.29) is 5.38 Å². The molecule has 1 unspecified atom stereocenters. The van der Waals surface area contributed by atoms with Crippen LogP contribution in [0.25, 0.3) is 11.5 Å². The van der Waals surface area contributed by atoms with E-state index in [4.69, 9.17) is 20.5 Å². The maximum atomic E-state index is 5.84. The van der Waals surface area contributed by atoms with Crippen molar-refractivity contribution >= 4 is 11.6 Å². The monoisotopic (exact) mass is 226 g/mol. The molecular formula is C10H11ClN2O2. The van der Waals surface area contributed by atoms with Gasteiger partial charge in [0.05, 0.1) is 10.9 Å². The molecule has 0 saturated carbocycles. The lowest BCUT2D eigenvalue weighted by atomic mass is 10.2. The van der Waals surface area contributed by atoms with Crippen LogP contribution >= 0.6 is 11.6 Å². The maximum Gasteiger partial charge on any atom is 0.261 e. The lowest BCUT2D eigenvalue weighted by Gasteiger charge is -1.90. The smallest absolute Gasteiger partial charge is 0.261 e. The molecule has 0 amide bonds. The number of furan rings is 1. The number of nitrogens with zero attached hydrogens (tertiary/aromatic N) is 2. The number of aryl methyl sites for hydroxylation is 2. The summed E-state index contributed by atoms with van der Waals surface area (Å²) in [5.41, 5.74) is 0.823. The van der Waals surface area contributed by atoms with Crippen molar-refractivity contribution in [2.45, 2.75) is 26.1 Å². The molecule has 0 fully saturated rings. The van der Waals surface area contributed by atoms with E-state index in [1.54, 1.807) is 6.92 Å². The van der Waals surface area contributed by atoms with Gasteiger partial charge in [0, 0.05) is 0 Å². The highest BCUT2D eigenvalue weighted by atomic mass is 35.5. The molecule has 15 heavy (non-hydrogen) atoms. The van der Waals surface area contributed by atoms with Crippen LogP contribution in [-0.2, 0) is 0 Å². The molecule has 0 bridgehead atoms. The number of alkyl halides is 1. The topological polar surface area (TPSA) is 52.1 Å². The quantitative estimate of drug-likeness (QED) is 0.738. The molecule has 0 aromatic carbocycles. The van der Waals surface area contributed by atoms with Crippen LogP contribution in [-0.4, -0.2) is 10.1 Å². The summed E-state index contributed by atoms with van der Waals surface area (Å²) in [5.74, 6) is 2.53. The fourth-order valence-corrected chi connectivity index (χ4v) is 1.44. The van der Waals surface area contributed by atoms with Crippen molar-refractivity contribution in [1.82, 2.24) is 10.1 Å². The van der Waals surface area contributed by atoms with Crippen LogP contribution in [0.5, 0.6) is 0 Å². The SMILES string of the molecule is Cc1cc(-c2nc(C(C)Cl)no2)c(C)o1. The van der Waals surface area contributed by atoms with Gasteiger partial charge < -0.3 is 8.94 Å². The van der Waals surface area contributed by atoms with Gasteiger partial charge in [-0.1, -0.05) is 5.16 Å². The molecule has 0 radical (unpaired) electrons. The number of halogens is 1. The lowest BCUT2D eigenvalue weighted by Crippen LogP contribution is -1.86. The van der Waals surface area contributed by atoms with Crippen LogP contribution in [0.3, 0.4) is 0 Å². The third kappa shape index (κ3) is 1.90. The van der Waals surface area contributed by atoms with E-state index < -0.39 is 0 Å². The van der Waals surface area contributed by atoms with Gasteiger partial charge in [-0.05, 0) is 26.8 Å². The number of aromatic nitrogens is 2. The first-order chi connectivity index (χ1) is 7.08. The van der Waals surface area contributed by atoms with Gasteiger partial charge in [-0.3, -0.25) is 0 Å². The third-order valence-corrected chi connectivity index (χ3v) is 2.26. The maximum absolute atomic E-state index is 5.84. The summed E-state index contributed by atoms with van der Waals surface area (Å²) >= 11 is 5.84. The first-order valence-electron chi connectivity index (χ1n) is 4.63. The second-order valence-corrected chi connectivity index (χ2v) is 4.06. The fourth-order valence-electron chi connectivity index (χ4n) is 1.35. The van der Waals surface area contributed by atoms with Gasteiger partial charge in [-0.25, -0.2) is 0 Å². The molecule has 0 N–H and O–H groups in total. The largest absolute Gasteiger partial charge is 0.466 e. The summed E-state index contributed by atoms with van der Waals surface area (Å²) in [6.45, 7) is 5.53. The Bertz CT molecular complexity index is 473. The molecule has 1 atom stereocenters. The van der Waals surface area contributed by atoms with Crippen molar-refractivity contribution in [1.29, 1.82) is 0 Å². The highest BCUT2D eigenvalue weighted by molar-refractivity contribution is 6.20. The Labute approximate surface area is 92.2 Å². The molecule has 4 nitrogen and oxygen atoms in total.